The number of fused-ring (bicyclic) bond motifs is 2. The van der Waals surface area contributed by atoms with Crippen LogP contribution in [0.2, 0.25) is 0 Å². The maximum absolute atomic E-state index is 12.6. The first-order chi connectivity index (χ1) is 13.8. The van der Waals surface area contributed by atoms with E-state index in [1.807, 2.05) is 32.9 Å². The van der Waals surface area contributed by atoms with Gasteiger partial charge < -0.3 is 4.74 Å². The highest BCUT2D eigenvalue weighted by Crippen LogP contribution is 2.19. The second kappa shape index (κ2) is 7.28. The van der Waals surface area contributed by atoms with Gasteiger partial charge in [0.25, 0.3) is 5.56 Å². The molecule has 1 aromatic heterocycles. The number of rotatable bonds is 4. The van der Waals surface area contributed by atoms with E-state index in [1.54, 1.807) is 22.8 Å². The molecule has 0 unspecified atom stereocenters. The van der Waals surface area contributed by atoms with E-state index in [-0.39, 0.29) is 23.5 Å². The summed E-state index contributed by atoms with van der Waals surface area (Å²) in [6.07, 6.45) is 1.65. The van der Waals surface area contributed by atoms with Gasteiger partial charge in [0.1, 0.15) is 5.82 Å². The molecular weight excluding hydrogens is 368 g/mol. The molecule has 3 aromatic rings. The lowest BCUT2D eigenvalue weighted by Crippen LogP contribution is -2.21. The number of nitrogens with zero attached hydrogens (tertiary/aromatic N) is 2. The summed E-state index contributed by atoms with van der Waals surface area (Å²) in [5.41, 5.74) is 4.09. The van der Waals surface area contributed by atoms with Crippen molar-refractivity contribution in [2.24, 2.45) is 0 Å². The Morgan fingerprint density at radius 3 is 2.55 bits per heavy atom. The van der Waals surface area contributed by atoms with Crippen molar-refractivity contribution in [2.45, 2.75) is 40.2 Å². The molecule has 0 bridgehead atoms. The van der Waals surface area contributed by atoms with Crippen LogP contribution in [0.5, 0.6) is 0 Å². The third-order valence-corrected chi connectivity index (χ3v) is 5.34. The standard InChI is InChI=1S/C23H22N2O4/c1-13-9-14(2)21(15(3)10-13)19(26)12-29-23(28)16-6-7-17-18(11-16)24-20-5-4-8-25(20)22(17)27/h6-7,9-11H,4-5,8,12H2,1-3H3. The molecule has 0 saturated heterocycles. The van der Waals surface area contributed by atoms with Crippen LogP contribution in [0.15, 0.2) is 35.1 Å². The number of hydrogen-bond donors (Lipinski definition) is 0. The van der Waals surface area contributed by atoms with Gasteiger partial charge in [-0.3, -0.25) is 14.2 Å². The van der Waals surface area contributed by atoms with Crippen molar-refractivity contribution in [3.63, 3.8) is 0 Å². The molecule has 0 spiro atoms. The van der Waals surface area contributed by atoms with Crippen molar-refractivity contribution < 1.29 is 14.3 Å². The van der Waals surface area contributed by atoms with Gasteiger partial charge in [0, 0.05) is 18.5 Å². The second-order valence-electron chi connectivity index (χ2n) is 7.59. The highest BCUT2D eigenvalue weighted by molar-refractivity contribution is 6.02. The minimum absolute atomic E-state index is 0.0806. The summed E-state index contributed by atoms with van der Waals surface area (Å²) < 4.78 is 6.94. The molecule has 0 fully saturated rings. The smallest absolute Gasteiger partial charge is 0.338 e. The van der Waals surface area contributed by atoms with Crippen LogP contribution >= 0.6 is 0 Å². The topological polar surface area (TPSA) is 78.3 Å². The Labute approximate surface area is 168 Å². The van der Waals surface area contributed by atoms with E-state index in [4.69, 9.17) is 4.74 Å². The molecule has 6 heteroatoms. The highest BCUT2D eigenvalue weighted by Gasteiger charge is 2.19. The number of ether oxygens (including phenoxy) is 1. The molecule has 1 aliphatic heterocycles. The Balaban J connectivity index is 1.55. The van der Waals surface area contributed by atoms with Gasteiger partial charge in [0.05, 0.1) is 16.5 Å². The zero-order valence-corrected chi connectivity index (χ0v) is 16.7. The predicted molar refractivity (Wildman–Crippen MR) is 110 cm³/mol. The Bertz CT molecular complexity index is 1200. The summed E-state index contributed by atoms with van der Waals surface area (Å²) in [7, 11) is 0. The van der Waals surface area contributed by atoms with Gasteiger partial charge in [-0.05, 0) is 56.5 Å². The van der Waals surface area contributed by atoms with Gasteiger partial charge in [-0.2, -0.15) is 0 Å². The number of carbonyl (C=O) groups excluding carboxylic acids is 2. The van der Waals surface area contributed by atoms with Crippen LogP contribution in [0.3, 0.4) is 0 Å². The second-order valence-corrected chi connectivity index (χ2v) is 7.59. The highest BCUT2D eigenvalue weighted by atomic mass is 16.5. The van der Waals surface area contributed by atoms with E-state index in [2.05, 4.69) is 4.98 Å². The fourth-order valence-corrected chi connectivity index (χ4v) is 4.12. The van der Waals surface area contributed by atoms with E-state index in [9.17, 15) is 14.4 Å². The average Bonchev–Trinajstić information content (AvgIpc) is 3.13. The number of Topliss-reactive ketones (excluding diaryl/α,β-unsaturated/α-hetero) is 1. The van der Waals surface area contributed by atoms with Gasteiger partial charge in [0.15, 0.2) is 6.61 Å². The lowest BCUT2D eigenvalue weighted by atomic mass is 9.97. The van der Waals surface area contributed by atoms with E-state index in [1.165, 1.54) is 0 Å². The average molecular weight is 390 g/mol. The fourth-order valence-electron chi connectivity index (χ4n) is 4.12. The molecule has 29 heavy (non-hydrogen) atoms. The molecule has 0 radical (unpaired) electrons. The van der Waals surface area contributed by atoms with Crippen molar-refractivity contribution in [3.05, 3.63) is 74.3 Å². The van der Waals surface area contributed by atoms with Crippen molar-refractivity contribution >= 4 is 22.7 Å². The largest absolute Gasteiger partial charge is 0.454 e. The van der Waals surface area contributed by atoms with E-state index in [0.29, 0.717) is 23.0 Å². The summed E-state index contributed by atoms with van der Waals surface area (Å²) >= 11 is 0. The van der Waals surface area contributed by atoms with Gasteiger partial charge >= 0.3 is 5.97 Å². The first kappa shape index (κ1) is 19.1. The van der Waals surface area contributed by atoms with Gasteiger partial charge in [0.2, 0.25) is 5.78 Å². The Kier molecular flexibility index (Phi) is 4.78. The summed E-state index contributed by atoms with van der Waals surface area (Å²) in [5.74, 6) is -0.0955. The van der Waals surface area contributed by atoms with Crippen LogP contribution in [0.1, 0.15) is 49.7 Å². The number of ketones is 1. The Morgan fingerprint density at radius 1 is 1.10 bits per heavy atom. The molecule has 6 nitrogen and oxygen atoms in total. The molecule has 2 heterocycles. The Hall–Kier alpha value is -3.28. The van der Waals surface area contributed by atoms with Gasteiger partial charge in [-0.15, -0.1) is 0 Å². The van der Waals surface area contributed by atoms with E-state index >= 15 is 0 Å². The summed E-state index contributed by atoms with van der Waals surface area (Å²) in [6, 6.07) is 8.58. The maximum atomic E-state index is 12.6. The summed E-state index contributed by atoms with van der Waals surface area (Å²) in [6.45, 7) is 6.08. The zero-order chi connectivity index (χ0) is 20.7. The fraction of sp³-hybridized carbons (Fsp3) is 0.304. The van der Waals surface area contributed by atoms with E-state index in [0.717, 1.165) is 35.4 Å². The molecule has 0 N–H and O–H groups in total. The SMILES string of the molecule is Cc1cc(C)c(C(=O)COC(=O)c2ccc3c(=O)n4c(nc3c2)CCC4)c(C)c1. The monoisotopic (exact) mass is 390 g/mol. The van der Waals surface area contributed by atoms with E-state index < -0.39 is 5.97 Å². The lowest BCUT2D eigenvalue weighted by molar-refractivity contribution is 0.0474. The molecule has 0 atom stereocenters. The quantitative estimate of drug-likeness (QED) is 0.504. The van der Waals surface area contributed by atoms with Crippen LogP contribution < -0.4 is 5.56 Å². The zero-order valence-electron chi connectivity index (χ0n) is 16.7. The molecule has 0 aliphatic carbocycles. The van der Waals surface area contributed by atoms with Crippen molar-refractivity contribution in [3.8, 4) is 0 Å². The maximum Gasteiger partial charge on any atom is 0.338 e. The number of aryl methyl sites for hydroxylation is 4. The van der Waals surface area contributed by atoms with Crippen LogP contribution in [-0.4, -0.2) is 27.9 Å². The predicted octanol–water partition coefficient (Wildman–Crippen LogP) is 3.31. The van der Waals surface area contributed by atoms with Crippen molar-refractivity contribution in [1.82, 2.24) is 9.55 Å². The molecule has 4 rings (SSSR count). The van der Waals surface area contributed by atoms with Crippen LogP contribution in [-0.2, 0) is 17.7 Å². The molecule has 1 aliphatic rings. The normalized spacial score (nSPS) is 12.8. The lowest BCUT2D eigenvalue weighted by Gasteiger charge is -2.11. The number of hydrogen-bond acceptors (Lipinski definition) is 5. The number of aromatic nitrogens is 2. The van der Waals surface area contributed by atoms with Crippen LogP contribution in [0.25, 0.3) is 10.9 Å². The Morgan fingerprint density at radius 2 is 1.83 bits per heavy atom. The van der Waals surface area contributed by atoms with Crippen molar-refractivity contribution in [1.29, 1.82) is 0 Å². The van der Waals surface area contributed by atoms with Crippen molar-refractivity contribution in [2.75, 3.05) is 6.61 Å². The number of carbonyl (C=O) groups is 2. The minimum atomic E-state index is -0.606. The summed E-state index contributed by atoms with van der Waals surface area (Å²) in [5, 5.41) is 0.481. The minimum Gasteiger partial charge on any atom is -0.454 e. The van der Waals surface area contributed by atoms with Gasteiger partial charge in [-0.1, -0.05) is 17.7 Å². The van der Waals surface area contributed by atoms with Gasteiger partial charge in [-0.25, -0.2) is 9.78 Å². The number of benzene rings is 2. The first-order valence-corrected chi connectivity index (χ1v) is 9.67. The summed E-state index contributed by atoms with van der Waals surface area (Å²) in [4.78, 5) is 42.1. The molecule has 2 aromatic carbocycles. The first-order valence-electron chi connectivity index (χ1n) is 9.67. The molecule has 0 saturated carbocycles. The van der Waals surface area contributed by atoms with Crippen LogP contribution in [0, 0.1) is 20.8 Å². The van der Waals surface area contributed by atoms with Crippen LogP contribution in [0.4, 0.5) is 0 Å². The molecular formula is C23H22N2O4. The number of esters is 1. The third-order valence-electron chi connectivity index (χ3n) is 5.34. The molecule has 0 amide bonds. The third kappa shape index (κ3) is 3.46. The molecule has 148 valence electrons.